The average Bonchev–Trinajstić information content (AvgIpc) is 2.71. The van der Waals surface area contributed by atoms with E-state index in [1.54, 1.807) is 0 Å². The molecule has 2 aromatic rings. The minimum Gasteiger partial charge on any atom is -0.323 e. The standard InChI is InChI=1S/C18H25N3/c1-20-10-5-11-21(13-12-20)14-18(19)17-9-4-7-15-6-2-3-8-16(15)17/h2-4,6-9,18H,5,10-14,19H2,1H3. The molecule has 0 aromatic heterocycles. The molecule has 0 radical (unpaired) electrons. The average molecular weight is 283 g/mol. The Hall–Kier alpha value is -1.42. The van der Waals surface area contributed by atoms with Crippen molar-refractivity contribution in [1.82, 2.24) is 9.80 Å². The van der Waals surface area contributed by atoms with Gasteiger partial charge in [0.15, 0.2) is 0 Å². The molecular formula is C18H25N3. The van der Waals surface area contributed by atoms with E-state index in [1.165, 1.54) is 29.3 Å². The Morgan fingerprint density at radius 2 is 1.81 bits per heavy atom. The monoisotopic (exact) mass is 283 g/mol. The Bertz CT molecular complexity index is 591. The fourth-order valence-electron chi connectivity index (χ4n) is 3.23. The van der Waals surface area contributed by atoms with Crippen LogP contribution in [0.3, 0.4) is 0 Å². The molecule has 0 amide bonds. The van der Waals surface area contributed by atoms with Crippen LogP contribution in [0.2, 0.25) is 0 Å². The van der Waals surface area contributed by atoms with Crippen LogP contribution in [0.25, 0.3) is 10.8 Å². The van der Waals surface area contributed by atoms with Gasteiger partial charge in [0, 0.05) is 25.7 Å². The number of benzene rings is 2. The molecule has 0 saturated carbocycles. The van der Waals surface area contributed by atoms with E-state index >= 15 is 0 Å². The van der Waals surface area contributed by atoms with Gasteiger partial charge in [0.05, 0.1) is 0 Å². The number of nitrogens with two attached hydrogens (primary N) is 1. The van der Waals surface area contributed by atoms with Crippen molar-refractivity contribution in [2.75, 3.05) is 39.8 Å². The Morgan fingerprint density at radius 1 is 1.00 bits per heavy atom. The van der Waals surface area contributed by atoms with Gasteiger partial charge < -0.3 is 15.5 Å². The maximum atomic E-state index is 6.52. The highest BCUT2D eigenvalue weighted by Crippen LogP contribution is 2.23. The van der Waals surface area contributed by atoms with E-state index in [-0.39, 0.29) is 6.04 Å². The van der Waals surface area contributed by atoms with E-state index in [2.05, 4.69) is 59.3 Å². The zero-order valence-corrected chi connectivity index (χ0v) is 12.8. The number of rotatable bonds is 3. The van der Waals surface area contributed by atoms with Crippen molar-refractivity contribution in [3.05, 3.63) is 48.0 Å². The first kappa shape index (κ1) is 14.5. The van der Waals surface area contributed by atoms with E-state index in [0.717, 1.165) is 26.2 Å². The zero-order chi connectivity index (χ0) is 14.7. The molecule has 2 N–H and O–H groups in total. The SMILES string of the molecule is CN1CCCN(CC(N)c2cccc3ccccc23)CC1. The highest BCUT2D eigenvalue weighted by Gasteiger charge is 2.17. The van der Waals surface area contributed by atoms with Crippen LogP contribution < -0.4 is 5.73 Å². The number of hydrogen-bond donors (Lipinski definition) is 1. The molecule has 1 heterocycles. The van der Waals surface area contributed by atoms with Crippen LogP contribution in [0.4, 0.5) is 0 Å². The lowest BCUT2D eigenvalue weighted by Crippen LogP contribution is -2.35. The van der Waals surface area contributed by atoms with E-state index in [9.17, 15) is 0 Å². The largest absolute Gasteiger partial charge is 0.323 e. The predicted octanol–water partition coefficient (Wildman–Crippen LogP) is 2.48. The molecular weight excluding hydrogens is 258 g/mol. The van der Waals surface area contributed by atoms with Gasteiger partial charge in [-0.15, -0.1) is 0 Å². The third kappa shape index (κ3) is 3.43. The molecule has 1 saturated heterocycles. The van der Waals surface area contributed by atoms with Gasteiger partial charge in [-0.2, -0.15) is 0 Å². The van der Waals surface area contributed by atoms with Crippen molar-refractivity contribution in [2.24, 2.45) is 5.73 Å². The van der Waals surface area contributed by atoms with Gasteiger partial charge in [0.1, 0.15) is 0 Å². The summed E-state index contributed by atoms with van der Waals surface area (Å²) in [6, 6.07) is 15.1. The molecule has 21 heavy (non-hydrogen) atoms. The van der Waals surface area contributed by atoms with Crippen LogP contribution in [0.15, 0.2) is 42.5 Å². The van der Waals surface area contributed by atoms with E-state index < -0.39 is 0 Å². The molecule has 1 aliphatic rings. The first-order valence-electron chi connectivity index (χ1n) is 7.88. The van der Waals surface area contributed by atoms with Crippen LogP contribution in [0, 0.1) is 0 Å². The molecule has 0 aliphatic carbocycles. The molecule has 1 fully saturated rings. The first-order chi connectivity index (χ1) is 10.2. The zero-order valence-electron chi connectivity index (χ0n) is 12.8. The lowest BCUT2D eigenvalue weighted by molar-refractivity contribution is 0.262. The molecule has 1 atom stereocenters. The molecule has 3 nitrogen and oxygen atoms in total. The van der Waals surface area contributed by atoms with Gasteiger partial charge in [-0.25, -0.2) is 0 Å². The van der Waals surface area contributed by atoms with Gasteiger partial charge in [0.2, 0.25) is 0 Å². The third-order valence-electron chi connectivity index (χ3n) is 4.49. The van der Waals surface area contributed by atoms with Crippen LogP contribution in [0.5, 0.6) is 0 Å². The van der Waals surface area contributed by atoms with Gasteiger partial charge in [-0.05, 0) is 42.9 Å². The van der Waals surface area contributed by atoms with Crippen molar-refractivity contribution in [2.45, 2.75) is 12.5 Å². The molecule has 1 unspecified atom stereocenters. The van der Waals surface area contributed by atoms with E-state index in [1.807, 2.05) is 0 Å². The number of fused-ring (bicyclic) bond motifs is 1. The van der Waals surface area contributed by atoms with Gasteiger partial charge in [-0.1, -0.05) is 42.5 Å². The predicted molar refractivity (Wildman–Crippen MR) is 89.4 cm³/mol. The van der Waals surface area contributed by atoms with Crippen molar-refractivity contribution in [3.63, 3.8) is 0 Å². The number of hydrogen-bond acceptors (Lipinski definition) is 3. The third-order valence-corrected chi connectivity index (χ3v) is 4.49. The van der Waals surface area contributed by atoms with Crippen molar-refractivity contribution >= 4 is 10.8 Å². The van der Waals surface area contributed by atoms with Crippen LogP contribution in [0.1, 0.15) is 18.0 Å². The second-order valence-corrected chi connectivity index (χ2v) is 6.13. The van der Waals surface area contributed by atoms with E-state index in [4.69, 9.17) is 5.73 Å². The molecule has 3 rings (SSSR count). The summed E-state index contributed by atoms with van der Waals surface area (Å²) in [4.78, 5) is 4.92. The summed E-state index contributed by atoms with van der Waals surface area (Å²) in [7, 11) is 2.20. The minimum absolute atomic E-state index is 0.0829. The summed E-state index contributed by atoms with van der Waals surface area (Å²) in [6.45, 7) is 5.56. The van der Waals surface area contributed by atoms with Gasteiger partial charge >= 0.3 is 0 Å². The number of nitrogens with zero attached hydrogens (tertiary/aromatic N) is 2. The summed E-state index contributed by atoms with van der Waals surface area (Å²) >= 11 is 0. The molecule has 3 heteroatoms. The highest BCUT2D eigenvalue weighted by molar-refractivity contribution is 5.86. The lowest BCUT2D eigenvalue weighted by atomic mass is 9.99. The minimum atomic E-state index is 0.0829. The summed E-state index contributed by atoms with van der Waals surface area (Å²) < 4.78 is 0. The molecule has 0 bridgehead atoms. The smallest absolute Gasteiger partial charge is 0.0430 e. The second kappa shape index (κ2) is 6.56. The number of likely N-dealkylation sites (N-methyl/N-ethyl adjacent to an activating group) is 1. The Kier molecular flexibility index (Phi) is 4.54. The summed E-state index contributed by atoms with van der Waals surface area (Å²) in [5, 5.41) is 2.57. The Labute approximate surface area is 127 Å². The summed E-state index contributed by atoms with van der Waals surface area (Å²) in [5.41, 5.74) is 7.79. The maximum absolute atomic E-state index is 6.52. The Morgan fingerprint density at radius 3 is 2.71 bits per heavy atom. The second-order valence-electron chi connectivity index (χ2n) is 6.13. The maximum Gasteiger partial charge on any atom is 0.0430 e. The Balaban J connectivity index is 1.76. The molecule has 112 valence electrons. The lowest BCUT2D eigenvalue weighted by Gasteiger charge is -2.25. The summed E-state index contributed by atoms with van der Waals surface area (Å²) in [5.74, 6) is 0. The fourth-order valence-corrected chi connectivity index (χ4v) is 3.23. The van der Waals surface area contributed by atoms with Gasteiger partial charge in [-0.3, -0.25) is 0 Å². The topological polar surface area (TPSA) is 32.5 Å². The quantitative estimate of drug-likeness (QED) is 0.939. The molecule has 1 aliphatic heterocycles. The van der Waals surface area contributed by atoms with Gasteiger partial charge in [0.25, 0.3) is 0 Å². The molecule has 2 aromatic carbocycles. The van der Waals surface area contributed by atoms with E-state index in [0.29, 0.717) is 0 Å². The molecule has 0 spiro atoms. The van der Waals surface area contributed by atoms with Crippen LogP contribution >= 0.6 is 0 Å². The van der Waals surface area contributed by atoms with Crippen molar-refractivity contribution < 1.29 is 0 Å². The normalized spacial score (nSPS) is 19.5. The van der Waals surface area contributed by atoms with Crippen molar-refractivity contribution in [1.29, 1.82) is 0 Å². The highest BCUT2D eigenvalue weighted by atomic mass is 15.2. The van der Waals surface area contributed by atoms with Crippen molar-refractivity contribution in [3.8, 4) is 0 Å². The fraction of sp³-hybridized carbons (Fsp3) is 0.444. The van der Waals surface area contributed by atoms with Crippen LogP contribution in [-0.2, 0) is 0 Å². The first-order valence-corrected chi connectivity index (χ1v) is 7.88. The summed E-state index contributed by atoms with van der Waals surface area (Å²) in [6.07, 6.45) is 1.23. The van der Waals surface area contributed by atoms with Crippen LogP contribution in [-0.4, -0.2) is 49.6 Å².